The minimum atomic E-state index is -0.656. The van der Waals surface area contributed by atoms with E-state index in [1.54, 1.807) is 29.2 Å². The van der Waals surface area contributed by atoms with Gasteiger partial charge in [0.15, 0.2) is 5.78 Å². The van der Waals surface area contributed by atoms with E-state index in [9.17, 15) is 19.7 Å². The van der Waals surface area contributed by atoms with E-state index >= 15 is 0 Å². The summed E-state index contributed by atoms with van der Waals surface area (Å²) in [5, 5.41) is 10.7. The van der Waals surface area contributed by atoms with Crippen LogP contribution in [0.4, 0.5) is 5.69 Å². The molecule has 0 aliphatic carbocycles. The van der Waals surface area contributed by atoms with E-state index in [4.69, 9.17) is 4.74 Å². The quantitative estimate of drug-likeness (QED) is 0.615. The van der Waals surface area contributed by atoms with Crippen molar-refractivity contribution in [2.24, 2.45) is 0 Å². The van der Waals surface area contributed by atoms with Crippen molar-refractivity contribution in [2.45, 2.75) is 24.9 Å². The molecule has 7 nitrogen and oxygen atoms in total. The zero-order valence-electron chi connectivity index (χ0n) is 14.6. The first-order valence-corrected chi connectivity index (χ1v) is 8.78. The summed E-state index contributed by atoms with van der Waals surface area (Å²) in [5.74, 6) is 0.551. The van der Waals surface area contributed by atoms with Crippen molar-refractivity contribution in [3.05, 3.63) is 69.8 Å². The van der Waals surface area contributed by atoms with Crippen molar-refractivity contribution in [3.8, 4) is 5.75 Å². The number of benzene rings is 2. The average molecular weight is 366 g/mol. The van der Waals surface area contributed by atoms with Gasteiger partial charge in [-0.05, 0) is 17.7 Å². The van der Waals surface area contributed by atoms with Crippen molar-refractivity contribution < 1.29 is 19.2 Å². The number of nitro benzene ring substituents is 1. The highest BCUT2D eigenvalue weighted by Gasteiger charge is 2.46. The SMILES string of the molecule is O=C1CC2(CCN(C(=O)Cc3ccc([N+](=O)[O-])cc3)C2)Oc2ccccc21. The summed E-state index contributed by atoms with van der Waals surface area (Å²) in [4.78, 5) is 37.1. The van der Waals surface area contributed by atoms with Gasteiger partial charge in [-0.1, -0.05) is 24.3 Å². The number of hydrogen-bond donors (Lipinski definition) is 0. The number of fused-ring (bicyclic) bond motifs is 1. The highest BCUT2D eigenvalue weighted by atomic mass is 16.6. The summed E-state index contributed by atoms with van der Waals surface area (Å²) in [6.07, 6.45) is 1.04. The number of hydrogen-bond acceptors (Lipinski definition) is 5. The Balaban J connectivity index is 1.44. The van der Waals surface area contributed by atoms with Gasteiger partial charge >= 0.3 is 0 Å². The van der Waals surface area contributed by atoms with Gasteiger partial charge in [0.1, 0.15) is 11.4 Å². The smallest absolute Gasteiger partial charge is 0.269 e. The summed E-state index contributed by atoms with van der Waals surface area (Å²) in [5.41, 5.74) is 0.659. The number of ketones is 1. The molecule has 0 N–H and O–H groups in total. The maximum atomic E-state index is 12.6. The summed E-state index contributed by atoms with van der Waals surface area (Å²) in [6, 6.07) is 13.2. The van der Waals surface area contributed by atoms with Crippen molar-refractivity contribution in [1.82, 2.24) is 4.90 Å². The molecule has 1 atom stereocenters. The van der Waals surface area contributed by atoms with Gasteiger partial charge in [0.2, 0.25) is 5.91 Å². The second kappa shape index (κ2) is 6.50. The lowest BCUT2D eigenvalue weighted by Crippen LogP contribution is -2.45. The fourth-order valence-corrected chi connectivity index (χ4v) is 3.75. The van der Waals surface area contributed by atoms with E-state index < -0.39 is 10.5 Å². The Morgan fingerprint density at radius 1 is 1.19 bits per heavy atom. The topological polar surface area (TPSA) is 89.8 Å². The van der Waals surface area contributed by atoms with E-state index in [2.05, 4.69) is 0 Å². The van der Waals surface area contributed by atoms with Crippen LogP contribution in [-0.2, 0) is 11.2 Å². The van der Waals surface area contributed by atoms with E-state index in [1.807, 2.05) is 12.1 Å². The molecule has 0 radical (unpaired) electrons. The number of ether oxygens (including phenoxy) is 1. The van der Waals surface area contributed by atoms with Crippen molar-refractivity contribution >= 4 is 17.4 Å². The number of para-hydroxylation sites is 1. The predicted octanol–water partition coefficient (Wildman–Crippen LogP) is 2.77. The zero-order valence-corrected chi connectivity index (χ0v) is 14.6. The Bertz CT molecular complexity index is 924. The zero-order chi connectivity index (χ0) is 19.0. The summed E-state index contributed by atoms with van der Waals surface area (Å²) < 4.78 is 6.13. The number of Topliss-reactive ketones (excluding diaryl/α,β-unsaturated/α-hetero) is 1. The Labute approximate surface area is 155 Å². The minimum Gasteiger partial charge on any atom is -0.484 e. The number of likely N-dealkylation sites (tertiary alicyclic amines) is 1. The second-order valence-electron chi connectivity index (χ2n) is 7.05. The van der Waals surface area contributed by atoms with Crippen molar-refractivity contribution in [2.75, 3.05) is 13.1 Å². The molecule has 2 aliphatic rings. The first kappa shape index (κ1) is 17.2. The molecule has 2 aromatic carbocycles. The van der Waals surface area contributed by atoms with Gasteiger partial charge in [-0.3, -0.25) is 19.7 Å². The fraction of sp³-hybridized carbons (Fsp3) is 0.300. The van der Waals surface area contributed by atoms with Crippen LogP contribution in [0, 0.1) is 10.1 Å². The number of carbonyl (C=O) groups excluding carboxylic acids is 2. The Morgan fingerprint density at radius 2 is 1.93 bits per heavy atom. The number of nitrogens with zero attached hydrogens (tertiary/aromatic N) is 2. The molecule has 0 saturated carbocycles. The molecule has 1 fully saturated rings. The molecule has 1 amide bonds. The molecule has 2 heterocycles. The molecular formula is C20H18N2O5. The molecule has 2 aliphatic heterocycles. The maximum absolute atomic E-state index is 12.6. The van der Waals surface area contributed by atoms with Crippen LogP contribution in [-0.4, -0.2) is 40.2 Å². The lowest BCUT2D eigenvalue weighted by Gasteiger charge is -2.34. The first-order valence-electron chi connectivity index (χ1n) is 8.78. The Hall–Kier alpha value is -3.22. The number of non-ortho nitro benzene ring substituents is 1. The van der Waals surface area contributed by atoms with Crippen molar-refractivity contribution in [1.29, 1.82) is 0 Å². The Kier molecular flexibility index (Phi) is 4.14. The summed E-state index contributed by atoms with van der Waals surface area (Å²) in [7, 11) is 0. The van der Waals surface area contributed by atoms with E-state index in [1.165, 1.54) is 12.1 Å². The Morgan fingerprint density at radius 3 is 2.67 bits per heavy atom. The molecule has 1 unspecified atom stereocenters. The average Bonchev–Trinajstić information content (AvgIpc) is 3.05. The van der Waals surface area contributed by atoms with Crippen LogP contribution in [0.15, 0.2) is 48.5 Å². The minimum absolute atomic E-state index is 0.000826. The monoisotopic (exact) mass is 366 g/mol. The third kappa shape index (κ3) is 3.28. The summed E-state index contributed by atoms with van der Waals surface area (Å²) >= 11 is 0. The van der Waals surface area contributed by atoms with Crippen LogP contribution >= 0.6 is 0 Å². The molecule has 0 aromatic heterocycles. The largest absolute Gasteiger partial charge is 0.484 e. The maximum Gasteiger partial charge on any atom is 0.269 e. The third-order valence-electron chi connectivity index (χ3n) is 5.17. The normalized spacial score (nSPS) is 21.0. The molecule has 138 valence electrons. The van der Waals surface area contributed by atoms with Crippen LogP contribution in [0.2, 0.25) is 0 Å². The van der Waals surface area contributed by atoms with Gasteiger partial charge in [0.05, 0.1) is 29.9 Å². The molecule has 1 spiro atoms. The predicted molar refractivity (Wildman–Crippen MR) is 96.7 cm³/mol. The van der Waals surface area contributed by atoms with Crippen LogP contribution in [0.1, 0.15) is 28.8 Å². The van der Waals surface area contributed by atoms with Gasteiger partial charge in [-0.2, -0.15) is 0 Å². The summed E-state index contributed by atoms with van der Waals surface area (Å²) in [6.45, 7) is 0.903. The van der Waals surface area contributed by atoms with Gasteiger partial charge in [0, 0.05) is 25.1 Å². The lowest BCUT2D eigenvalue weighted by atomic mass is 9.89. The van der Waals surface area contributed by atoms with E-state index in [0.717, 1.165) is 5.56 Å². The van der Waals surface area contributed by atoms with Crippen LogP contribution in [0.3, 0.4) is 0 Å². The lowest BCUT2D eigenvalue weighted by molar-refractivity contribution is -0.384. The number of nitro groups is 1. The molecule has 27 heavy (non-hydrogen) atoms. The van der Waals surface area contributed by atoms with Gasteiger partial charge in [-0.25, -0.2) is 0 Å². The van der Waals surface area contributed by atoms with Gasteiger partial charge in [0.25, 0.3) is 5.69 Å². The second-order valence-corrected chi connectivity index (χ2v) is 7.05. The van der Waals surface area contributed by atoms with Gasteiger partial charge < -0.3 is 9.64 Å². The molecule has 7 heteroatoms. The van der Waals surface area contributed by atoms with Crippen molar-refractivity contribution in [3.63, 3.8) is 0 Å². The third-order valence-corrected chi connectivity index (χ3v) is 5.17. The number of rotatable bonds is 3. The molecule has 2 aromatic rings. The highest BCUT2D eigenvalue weighted by Crippen LogP contribution is 2.38. The first-order chi connectivity index (χ1) is 13.0. The highest BCUT2D eigenvalue weighted by molar-refractivity contribution is 6.00. The van der Waals surface area contributed by atoms with E-state index in [0.29, 0.717) is 30.8 Å². The standard InChI is InChI=1S/C20H18N2O5/c23-17-12-20(27-18-4-2-1-3-16(17)18)9-10-21(13-20)19(24)11-14-5-7-15(8-6-14)22(25)26/h1-8H,9-13H2. The molecule has 4 rings (SSSR count). The van der Waals surface area contributed by atoms with E-state index in [-0.39, 0.29) is 30.2 Å². The van der Waals surface area contributed by atoms with Crippen LogP contribution < -0.4 is 4.74 Å². The molecule has 1 saturated heterocycles. The molecular weight excluding hydrogens is 348 g/mol. The van der Waals surface area contributed by atoms with Gasteiger partial charge in [-0.15, -0.1) is 0 Å². The number of carbonyl (C=O) groups is 2. The van der Waals surface area contributed by atoms with Crippen LogP contribution in [0.5, 0.6) is 5.75 Å². The van der Waals surface area contributed by atoms with Crippen LogP contribution in [0.25, 0.3) is 0 Å². The molecule has 0 bridgehead atoms. The number of amides is 1. The fourth-order valence-electron chi connectivity index (χ4n) is 3.75.